The second kappa shape index (κ2) is 10.1. The molecule has 0 aliphatic carbocycles. The molecule has 0 saturated carbocycles. The molecule has 2 nitrogen and oxygen atoms in total. The van der Waals surface area contributed by atoms with Gasteiger partial charge in [0.2, 0.25) is 0 Å². The van der Waals surface area contributed by atoms with Crippen LogP contribution in [0.3, 0.4) is 0 Å². The zero-order valence-corrected chi connectivity index (χ0v) is 23.1. The van der Waals surface area contributed by atoms with Crippen LogP contribution >= 0.6 is 0 Å². The molecule has 0 radical (unpaired) electrons. The SMILES string of the molecule is c1ccc2c(N(c3ccc(-c4ccc(-n5ccc6ccccc65)cc4)cc3)c3cccc4ccccc34)cccc2c1. The molecule has 42 heavy (non-hydrogen) atoms. The van der Waals surface area contributed by atoms with Gasteiger partial charge in [-0.1, -0.05) is 115 Å². The van der Waals surface area contributed by atoms with E-state index < -0.39 is 0 Å². The first-order chi connectivity index (χ1) is 20.8. The summed E-state index contributed by atoms with van der Waals surface area (Å²) in [5, 5.41) is 6.16. The number of benzene rings is 7. The summed E-state index contributed by atoms with van der Waals surface area (Å²) in [7, 11) is 0. The Morgan fingerprint density at radius 3 is 1.50 bits per heavy atom. The van der Waals surface area contributed by atoms with Crippen molar-refractivity contribution in [2.75, 3.05) is 4.90 Å². The van der Waals surface area contributed by atoms with Crippen LogP contribution < -0.4 is 4.90 Å². The Labute approximate surface area is 245 Å². The predicted octanol–water partition coefficient (Wildman–Crippen LogP) is 11.1. The van der Waals surface area contributed by atoms with E-state index in [1.54, 1.807) is 0 Å². The van der Waals surface area contributed by atoms with Gasteiger partial charge >= 0.3 is 0 Å². The Kier molecular flexibility index (Phi) is 5.82. The molecule has 7 aromatic carbocycles. The Morgan fingerprint density at radius 1 is 0.381 bits per heavy atom. The normalized spacial score (nSPS) is 11.3. The zero-order valence-electron chi connectivity index (χ0n) is 23.1. The minimum atomic E-state index is 1.13. The van der Waals surface area contributed by atoms with Crippen molar-refractivity contribution in [1.82, 2.24) is 4.57 Å². The third-order valence-corrected chi connectivity index (χ3v) is 8.22. The van der Waals surface area contributed by atoms with Gasteiger partial charge in [0.1, 0.15) is 0 Å². The molecule has 8 aromatic rings. The summed E-state index contributed by atoms with van der Waals surface area (Å²) in [5.41, 5.74) is 8.23. The monoisotopic (exact) mass is 536 g/mol. The van der Waals surface area contributed by atoms with Crippen LogP contribution in [0.15, 0.2) is 170 Å². The summed E-state index contributed by atoms with van der Waals surface area (Å²) in [6, 6.07) is 58.8. The summed E-state index contributed by atoms with van der Waals surface area (Å²) in [6.45, 7) is 0. The van der Waals surface area contributed by atoms with Crippen LogP contribution in [0.2, 0.25) is 0 Å². The van der Waals surface area contributed by atoms with Crippen LogP contribution in [-0.4, -0.2) is 4.57 Å². The van der Waals surface area contributed by atoms with Gasteiger partial charge in [-0.15, -0.1) is 0 Å². The van der Waals surface area contributed by atoms with E-state index in [2.05, 4.69) is 179 Å². The highest BCUT2D eigenvalue weighted by atomic mass is 15.1. The van der Waals surface area contributed by atoms with Gasteiger partial charge in [0, 0.05) is 28.3 Å². The molecule has 198 valence electrons. The fraction of sp³-hybridized carbons (Fsp3) is 0. The molecule has 0 spiro atoms. The summed E-state index contributed by atoms with van der Waals surface area (Å²) >= 11 is 0. The third kappa shape index (κ3) is 4.13. The minimum Gasteiger partial charge on any atom is -0.317 e. The number of para-hydroxylation sites is 1. The van der Waals surface area contributed by atoms with E-state index in [-0.39, 0.29) is 0 Å². The average molecular weight is 537 g/mol. The standard InChI is InChI=1S/C40H28N2/c1-4-14-36-31(9-1)12-7-17-39(36)42(40-18-8-13-32-10-2-5-15-37(32)40)35-25-21-30(22-26-35)29-19-23-34(24-20-29)41-28-27-33-11-3-6-16-38(33)41/h1-28H. The Bertz CT molecular complexity index is 2100. The van der Waals surface area contributed by atoms with Gasteiger partial charge in [-0.25, -0.2) is 0 Å². The van der Waals surface area contributed by atoms with Crippen LogP contribution in [0.25, 0.3) is 49.3 Å². The largest absolute Gasteiger partial charge is 0.317 e. The highest BCUT2D eigenvalue weighted by Crippen LogP contribution is 2.42. The van der Waals surface area contributed by atoms with Crippen molar-refractivity contribution in [1.29, 1.82) is 0 Å². The summed E-state index contributed by atoms with van der Waals surface area (Å²) < 4.78 is 2.24. The number of rotatable bonds is 5. The summed E-state index contributed by atoms with van der Waals surface area (Å²) in [4.78, 5) is 2.40. The second-order valence-electron chi connectivity index (χ2n) is 10.7. The van der Waals surface area contributed by atoms with Crippen molar-refractivity contribution in [3.8, 4) is 16.8 Å². The number of anilines is 3. The van der Waals surface area contributed by atoms with E-state index in [0.717, 1.165) is 11.4 Å². The first-order valence-corrected chi connectivity index (χ1v) is 14.4. The Balaban J connectivity index is 1.21. The number of hydrogen-bond donors (Lipinski definition) is 0. The van der Waals surface area contributed by atoms with E-state index >= 15 is 0 Å². The lowest BCUT2D eigenvalue weighted by molar-refractivity contribution is 1.13. The summed E-state index contributed by atoms with van der Waals surface area (Å²) in [5.74, 6) is 0. The van der Waals surface area contributed by atoms with Crippen LogP contribution in [0.5, 0.6) is 0 Å². The molecule has 0 bridgehead atoms. The molecule has 0 aliphatic rings. The van der Waals surface area contributed by atoms with Crippen LogP contribution in [0.1, 0.15) is 0 Å². The molecule has 0 unspecified atom stereocenters. The van der Waals surface area contributed by atoms with Gasteiger partial charge in [-0.3, -0.25) is 0 Å². The van der Waals surface area contributed by atoms with Crippen molar-refractivity contribution in [2.45, 2.75) is 0 Å². The highest BCUT2D eigenvalue weighted by Gasteiger charge is 2.17. The molecular formula is C40H28N2. The third-order valence-electron chi connectivity index (χ3n) is 8.22. The molecule has 0 atom stereocenters. The van der Waals surface area contributed by atoms with Gasteiger partial charge in [0.05, 0.1) is 16.9 Å². The maximum Gasteiger partial charge on any atom is 0.0540 e. The van der Waals surface area contributed by atoms with Crippen LogP contribution in [0.4, 0.5) is 17.1 Å². The fourth-order valence-corrected chi connectivity index (χ4v) is 6.14. The lowest BCUT2D eigenvalue weighted by Crippen LogP contribution is -2.11. The minimum absolute atomic E-state index is 1.13. The Morgan fingerprint density at radius 2 is 0.881 bits per heavy atom. The molecule has 2 heteroatoms. The fourth-order valence-electron chi connectivity index (χ4n) is 6.14. The van der Waals surface area contributed by atoms with Crippen LogP contribution in [0, 0.1) is 0 Å². The number of nitrogens with zero attached hydrogens (tertiary/aromatic N) is 2. The molecule has 0 aliphatic heterocycles. The first-order valence-electron chi connectivity index (χ1n) is 14.4. The van der Waals surface area contributed by atoms with E-state index in [1.165, 1.54) is 54.9 Å². The van der Waals surface area contributed by atoms with Gasteiger partial charge < -0.3 is 9.47 Å². The predicted molar refractivity (Wildman–Crippen MR) is 178 cm³/mol. The second-order valence-corrected chi connectivity index (χ2v) is 10.7. The van der Waals surface area contributed by atoms with E-state index in [1.807, 2.05) is 0 Å². The van der Waals surface area contributed by atoms with E-state index in [4.69, 9.17) is 0 Å². The summed E-state index contributed by atoms with van der Waals surface area (Å²) in [6.07, 6.45) is 2.14. The topological polar surface area (TPSA) is 8.17 Å². The molecule has 8 rings (SSSR count). The van der Waals surface area contributed by atoms with Crippen molar-refractivity contribution >= 4 is 49.5 Å². The number of hydrogen-bond acceptors (Lipinski definition) is 1. The number of fused-ring (bicyclic) bond motifs is 3. The van der Waals surface area contributed by atoms with Crippen molar-refractivity contribution in [3.63, 3.8) is 0 Å². The maximum atomic E-state index is 2.40. The first kappa shape index (κ1) is 24.2. The van der Waals surface area contributed by atoms with Gasteiger partial charge in [0.25, 0.3) is 0 Å². The molecule has 1 heterocycles. The molecule has 0 fully saturated rings. The molecule has 1 aromatic heterocycles. The van der Waals surface area contributed by atoms with E-state index in [9.17, 15) is 0 Å². The molecule has 0 amide bonds. The lowest BCUT2D eigenvalue weighted by atomic mass is 10.0. The van der Waals surface area contributed by atoms with E-state index in [0.29, 0.717) is 0 Å². The zero-order chi connectivity index (χ0) is 27.9. The lowest BCUT2D eigenvalue weighted by Gasteiger charge is -2.28. The average Bonchev–Trinajstić information content (AvgIpc) is 3.50. The number of aromatic nitrogens is 1. The van der Waals surface area contributed by atoms with Gasteiger partial charge in [-0.05, 0) is 75.8 Å². The van der Waals surface area contributed by atoms with Crippen molar-refractivity contribution < 1.29 is 0 Å². The molecule has 0 saturated heterocycles. The van der Waals surface area contributed by atoms with Gasteiger partial charge in [-0.2, -0.15) is 0 Å². The Hall–Kier alpha value is -5.60. The van der Waals surface area contributed by atoms with Gasteiger partial charge in [0.15, 0.2) is 0 Å². The smallest absolute Gasteiger partial charge is 0.0540 e. The highest BCUT2D eigenvalue weighted by molar-refractivity contribution is 6.04. The van der Waals surface area contributed by atoms with Crippen LogP contribution in [-0.2, 0) is 0 Å². The molecule has 0 N–H and O–H groups in total. The quantitative estimate of drug-likeness (QED) is 0.212. The van der Waals surface area contributed by atoms with Crippen molar-refractivity contribution in [3.05, 3.63) is 170 Å². The maximum absolute atomic E-state index is 2.40. The molecular weight excluding hydrogens is 508 g/mol. The van der Waals surface area contributed by atoms with Crippen molar-refractivity contribution in [2.24, 2.45) is 0 Å².